The second-order valence-corrected chi connectivity index (χ2v) is 9.80. The number of methoxy groups -OCH3 is 1. The summed E-state index contributed by atoms with van der Waals surface area (Å²) in [6, 6.07) is 20.3. The van der Waals surface area contributed by atoms with Crippen molar-refractivity contribution in [1.29, 1.82) is 0 Å². The number of aryl methyl sites for hydroxylation is 1. The molecule has 0 spiro atoms. The van der Waals surface area contributed by atoms with Crippen LogP contribution in [-0.4, -0.2) is 58.5 Å². The number of esters is 1. The zero-order valence-corrected chi connectivity index (χ0v) is 20.9. The zero-order chi connectivity index (χ0) is 24.4. The lowest BCUT2D eigenvalue weighted by Gasteiger charge is -2.50. The second kappa shape index (κ2) is 10.2. The van der Waals surface area contributed by atoms with Crippen LogP contribution in [0.5, 0.6) is 0 Å². The van der Waals surface area contributed by atoms with Crippen molar-refractivity contribution in [2.24, 2.45) is 13.0 Å². The number of hydrogen-bond acceptors (Lipinski definition) is 5. The Morgan fingerprint density at radius 3 is 2.74 bits per heavy atom. The van der Waals surface area contributed by atoms with Gasteiger partial charge in [0.2, 0.25) is 0 Å². The lowest BCUT2D eigenvalue weighted by molar-refractivity contribution is 0.0303. The van der Waals surface area contributed by atoms with Crippen molar-refractivity contribution in [1.82, 2.24) is 20.0 Å². The van der Waals surface area contributed by atoms with Crippen LogP contribution >= 0.6 is 12.2 Å². The highest BCUT2D eigenvalue weighted by atomic mass is 32.1. The first-order chi connectivity index (χ1) is 17.0. The van der Waals surface area contributed by atoms with Gasteiger partial charge in [0, 0.05) is 49.0 Å². The van der Waals surface area contributed by atoms with E-state index in [0.29, 0.717) is 28.6 Å². The lowest BCUT2D eigenvalue weighted by Crippen LogP contribution is -2.56. The molecule has 7 nitrogen and oxygen atoms in total. The third kappa shape index (κ3) is 5.09. The average Bonchev–Trinajstić information content (AvgIpc) is 3.29. The Hall–Kier alpha value is -3.23. The summed E-state index contributed by atoms with van der Waals surface area (Å²) in [6.45, 7) is 2.97. The molecular formula is C27H31N5O2S. The summed E-state index contributed by atoms with van der Waals surface area (Å²) in [5.41, 5.74) is 4.79. The monoisotopic (exact) mass is 489 g/mol. The minimum absolute atomic E-state index is 0.363. The Morgan fingerprint density at radius 2 is 2.00 bits per heavy atom. The van der Waals surface area contributed by atoms with Crippen LogP contribution in [0.25, 0.3) is 11.3 Å². The molecule has 1 aromatic heterocycles. The van der Waals surface area contributed by atoms with Crippen molar-refractivity contribution in [3.05, 3.63) is 71.9 Å². The minimum atomic E-state index is -0.363. The number of thiocarbonyl (C=S) groups is 1. The standard InChI is InChI=1S/C27H31N5O2S/c1-31-25(15-24(30-31)18-7-4-3-5-8-18)23-17-32-12-11-19(23)14-22(32)16-28-27(35)29-21-10-6-9-20(13-21)26(33)34-2/h3-10,13,15,19,22-23H,11-12,14,16-17H2,1-2H3,(H2,28,29,35)/t19-,22+,23-/m0/s1. The van der Waals surface area contributed by atoms with Crippen LogP contribution in [0.15, 0.2) is 60.7 Å². The molecule has 3 fully saturated rings. The normalized spacial score (nSPS) is 23.0. The molecule has 2 bridgehead atoms. The van der Waals surface area contributed by atoms with Gasteiger partial charge in [-0.1, -0.05) is 36.4 Å². The number of fused-ring (bicyclic) bond motifs is 3. The van der Waals surface area contributed by atoms with Crippen molar-refractivity contribution in [2.45, 2.75) is 24.8 Å². The van der Waals surface area contributed by atoms with E-state index >= 15 is 0 Å². The fourth-order valence-electron chi connectivity index (χ4n) is 5.49. The van der Waals surface area contributed by atoms with Crippen LogP contribution < -0.4 is 10.6 Å². The quantitative estimate of drug-likeness (QED) is 0.400. The summed E-state index contributed by atoms with van der Waals surface area (Å²) < 4.78 is 6.87. The first-order valence-corrected chi connectivity index (χ1v) is 12.5. The second-order valence-electron chi connectivity index (χ2n) is 9.39. The van der Waals surface area contributed by atoms with Gasteiger partial charge in [0.15, 0.2) is 5.11 Å². The molecular weight excluding hydrogens is 458 g/mol. The molecule has 1 unspecified atom stereocenters. The summed E-state index contributed by atoms with van der Waals surface area (Å²) in [4.78, 5) is 14.4. The largest absolute Gasteiger partial charge is 0.465 e. The van der Waals surface area contributed by atoms with Crippen molar-refractivity contribution in [3.63, 3.8) is 0 Å². The van der Waals surface area contributed by atoms with E-state index in [1.165, 1.54) is 19.2 Å². The van der Waals surface area contributed by atoms with Crippen molar-refractivity contribution >= 4 is 29.0 Å². The molecule has 4 heterocycles. The van der Waals surface area contributed by atoms with Crippen LogP contribution in [0.1, 0.15) is 34.8 Å². The summed E-state index contributed by atoms with van der Waals surface area (Å²) in [7, 11) is 3.45. The molecule has 4 atom stereocenters. The fraction of sp³-hybridized carbons (Fsp3) is 0.370. The highest BCUT2D eigenvalue weighted by molar-refractivity contribution is 7.80. The number of nitrogens with zero attached hydrogens (tertiary/aromatic N) is 3. The van der Waals surface area contributed by atoms with E-state index in [-0.39, 0.29) is 5.97 Å². The van der Waals surface area contributed by atoms with Gasteiger partial charge >= 0.3 is 5.97 Å². The molecule has 3 aliphatic rings. The minimum Gasteiger partial charge on any atom is -0.465 e. The lowest BCUT2D eigenvalue weighted by atomic mass is 9.74. The molecule has 35 heavy (non-hydrogen) atoms. The van der Waals surface area contributed by atoms with Gasteiger partial charge in [-0.05, 0) is 61.8 Å². The number of ether oxygens (including phenoxy) is 1. The third-order valence-electron chi connectivity index (χ3n) is 7.28. The van der Waals surface area contributed by atoms with Gasteiger partial charge in [0.1, 0.15) is 0 Å². The molecule has 8 heteroatoms. The maximum absolute atomic E-state index is 11.8. The van der Waals surface area contributed by atoms with E-state index in [9.17, 15) is 4.79 Å². The molecule has 0 saturated carbocycles. The number of nitrogens with one attached hydrogen (secondary N) is 2. The number of aromatic nitrogens is 2. The number of benzene rings is 2. The SMILES string of the molecule is COC(=O)c1cccc(NC(=S)NC[C@H]2C[C@@H]3CCN2C[C@@H]3c2cc(-c3ccccc3)nn2C)c1. The molecule has 182 valence electrons. The molecule has 2 N–H and O–H groups in total. The number of hydrogen-bond donors (Lipinski definition) is 2. The van der Waals surface area contributed by atoms with Crippen LogP contribution in [0.3, 0.4) is 0 Å². The van der Waals surface area contributed by atoms with Crippen molar-refractivity contribution < 1.29 is 9.53 Å². The highest BCUT2D eigenvalue weighted by Crippen LogP contribution is 2.42. The molecule has 0 amide bonds. The Balaban J connectivity index is 1.18. The molecule has 0 radical (unpaired) electrons. The van der Waals surface area contributed by atoms with Gasteiger partial charge in [0.05, 0.1) is 18.4 Å². The van der Waals surface area contributed by atoms with E-state index in [1.54, 1.807) is 12.1 Å². The van der Waals surface area contributed by atoms with Crippen LogP contribution in [0.4, 0.5) is 5.69 Å². The summed E-state index contributed by atoms with van der Waals surface area (Å²) in [6.07, 6.45) is 2.36. The first kappa shape index (κ1) is 23.5. The Kier molecular flexibility index (Phi) is 6.83. The predicted molar refractivity (Wildman–Crippen MR) is 141 cm³/mol. The third-order valence-corrected chi connectivity index (χ3v) is 7.53. The number of carbonyl (C=O) groups is 1. The predicted octanol–water partition coefficient (Wildman–Crippen LogP) is 4.04. The van der Waals surface area contributed by atoms with E-state index in [4.69, 9.17) is 22.1 Å². The first-order valence-electron chi connectivity index (χ1n) is 12.1. The molecule has 0 aliphatic carbocycles. The van der Waals surface area contributed by atoms with Crippen molar-refractivity contribution in [3.8, 4) is 11.3 Å². The van der Waals surface area contributed by atoms with E-state index < -0.39 is 0 Å². The van der Waals surface area contributed by atoms with E-state index in [1.807, 2.05) is 18.2 Å². The molecule has 6 rings (SSSR count). The number of piperidine rings is 3. The number of carbonyl (C=O) groups excluding carboxylic acids is 1. The summed E-state index contributed by atoms with van der Waals surface area (Å²) in [5, 5.41) is 11.9. The smallest absolute Gasteiger partial charge is 0.337 e. The van der Waals surface area contributed by atoms with Gasteiger partial charge in [-0.25, -0.2) is 4.79 Å². The van der Waals surface area contributed by atoms with Gasteiger partial charge in [0.25, 0.3) is 0 Å². The topological polar surface area (TPSA) is 71.4 Å². The Labute approximate surface area is 211 Å². The van der Waals surface area contributed by atoms with E-state index in [0.717, 1.165) is 43.0 Å². The van der Waals surface area contributed by atoms with Crippen LogP contribution in [0, 0.1) is 5.92 Å². The molecule has 3 saturated heterocycles. The fourth-order valence-corrected chi connectivity index (χ4v) is 5.69. The molecule has 3 aliphatic heterocycles. The zero-order valence-electron chi connectivity index (χ0n) is 20.1. The summed E-state index contributed by atoms with van der Waals surface area (Å²) in [5.74, 6) is 0.780. The number of rotatable bonds is 6. The van der Waals surface area contributed by atoms with Gasteiger partial charge in [-0.3, -0.25) is 9.58 Å². The Morgan fingerprint density at radius 1 is 1.17 bits per heavy atom. The molecule has 3 aromatic rings. The van der Waals surface area contributed by atoms with Gasteiger partial charge in [-0.2, -0.15) is 5.10 Å². The van der Waals surface area contributed by atoms with Crippen LogP contribution in [0.2, 0.25) is 0 Å². The maximum Gasteiger partial charge on any atom is 0.337 e. The van der Waals surface area contributed by atoms with Gasteiger partial charge < -0.3 is 15.4 Å². The Bertz CT molecular complexity index is 1210. The maximum atomic E-state index is 11.8. The van der Waals surface area contributed by atoms with Crippen molar-refractivity contribution in [2.75, 3.05) is 32.1 Å². The average molecular weight is 490 g/mol. The van der Waals surface area contributed by atoms with Gasteiger partial charge in [-0.15, -0.1) is 0 Å². The van der Waals surface area contributed by atoms with E-state index in [2.05, 4.69) is 57.6 Å². The highest BCUT2D eigenvalue weighted by Gasteiger charge is 2.41. The van der Waals surface area contributed by atoms with Crippen LogP contribution in [-0.2, 0) is 11.8 Å². The molecule has 2 aromatic carbocycles. The summed E-state index contributed by atoms with van der Waals surface area (Å²) >= 11 is 5.53. The number of anilines is 1.